The van der Waals surface area contributed by atoms with Crippen molar-refractivity contribution in [3.63, 3.8) is 0 Å². The maximum atomic E-state index is 13.6. The molecule has 20 heteroatoms. The number of alkyl halides is 2. The van der Waals surface area contributed by atoms with Crippen LogP contribution >= 0.6 is 45.9 Å². The van der Waals surface area contributed by atoms with E-state index in [1.54, 1.807) is 6.92 Å². The molecule has 0 spiro atoms. The van der Waals surface area contributed by atoms with E-state index in [0.717, 1.165) is 22.7 Å². The molecule has 0 aliphatic heterocycles. The van der Waals surface area contributed by atoms with Gasteiger partial charge in [0.25, 0.3) is 0 Å². The van der Waals surface area contributed by atoms with E-state index in [0.29, 0.717) is 19.3 Å². The lowest BCUT2D eigenvalue weighted by molar-refractivity contribution is -0.171. The molecule has 2 aromatic heterocycles. The lowest BCUT2D eigenvalue weighted by Gasteiger charge is -2.30. The monoisotopic (exact) mass is 895 g/mol. The molecule has 0 bridgehead atoms. The molecule has 3 N–H and O–H groups in total. The summed E-state index contributed by atoms with van der Waals surface area (Å²) in [6, 6.07) is -0.655. The molecule has 2 rings (SSSR count). The predicted molar refractivity (Wildman–Crippen MR) is 215 cm³/mol. The summed E-state index contributed by atoms with van der Waals surface area (Å²) in [7, 11) is 1.19. The number of amides is 1. The molecule has 0 fully saturated rings. The van der Waals surface area contributed by atoms with E-state index in [1.165, 1.54) is 45.6 Å². The third-order valence-electron chi connectivity index (χ3n) is 8.41. The van der Waals surface area contributed by atoms with Gasteiger partial charge in [0.1, 0.15) is 44.9 Å². The number of aliphatic hydroxyl groups is 2. The second-order valence-corrected chi connectivity index (χ2v) is 18.5. The minimum absolute atomic E-state index is 0.0210. The first kappa shape index (κ1) is 50.7. The highest BCUT2D eigenvalue weighted by Gasteiger charge is 2.39. The molecule has 16 nitrogen and oxygen atoms in total. The van der Waals surface area contributed by atoms with Gasteiger partial charge in [-0.1, -0.05) is 20.8 Å². The number of aromatic nitrogens is 2. The number of carbonyl (C=O) groups is 6. The Morgan fingerprint density at radius 1 is 0.914 bits per heavy atom. The highest BCUT2D eigenvalue weighted by atomic mass is 35.5. The highest BCUT2D eigenvalue weighted by Crippen LogP contribution is 2.34. The van der Waals surface area contributed by atoms with Gasteiger partial charge in [-0.2, -0.15) is 0 Å². The summed E-state index contributed by atoms with van der Waals surface area (Å²) in [5.74, 6) is -5.18. The topological polar surface area (TPSA) is 227 Å². The van der Waals surface area contributed by atoms with Crippen LogP contribution in [0.3, 0.4) is 0 Å². The van der Waals surface area contributed by atoms with Crippen LogP contribution in [0, 0.1) is 11.8 Å². The molecule has 2 aromatic rings. The van der Waals surface area contributed by atoms with Gasteiger partial charge in [-0.25, -0.2) is 19.6 Å². The first-order valence-corrected chi connectivity index (χ1v) is 21.3. The number of nitrogens with zero attached hydrogens (tertiary/aromatic N) is 2. The van der Waals surface area contributed by atoms with Crippen LogP contribution in [0.25, 0.3) is 0 Å². The van der Waals surface area contributed by atoms with E-state index in [4.69, 9.17) is 46.9 Å². The Morgan fingerprint density at radius 3 is 2.07 bits per heavy atom. The van der Waals surface area contributed by atoms with Gasteiger partial charge >= 0.3 is 29.8 Å². The normalized spacial score (nSPS) is 15.0. The molecule has 6 atom stereocenters. The average Bonchev–Trinajstić information content (AvgIpc) is 3.81. The molecule has 0 aliphatic rings. The molecule has 1 amide bonds. The number of hydrogen-bond acceptors (Lipinski definition) is 17. The molecule has 0 aliphatic carbocycles. The van der Waals surface area contributed by atoms with Gasteiger partial charge < -0.3 is 39.2 Å². The maximum Gasteiger partial charge on any atom is 0.358 e. The zero-order valence-corrected chi connectivity index (χ0v) is 37.3. The summed E-state index contributed by atoms with van der Waals surface area (Å²) in [6.07, 6.45) is -3.22. The summed E-state index contributed by atoms with van der Waals surface area (Å²) in [5, 5.41) is 27.4. The van der Waals surface area contributed by atoms with Crippen molar-refractivity contribution in [1.82, 2.24) is 15.3 Å². The number of carbonyl (C=O) groups excluding carboxylic acids is 6. The van der Waals surface area contributed by atoms with Gasteiger partial charge in [-0.05, 0) is 65.7 Å². The van der Waals surface area contributed by atoms with Crippen molar-refractivity contribution in [1.29, 1.82) is 0 Å². The Hall–Kier alpha value is -3.42. The van der Waals surface area contributed by atoms with E-state index in [9.17, 15) is 39.0 Å². The number of aliphatic hydroxyl groups excluding tert-OH is 1. The van der Waals surface area contributed by atoms with Gasteiger partial charge in [-0.3, -0.25) is 19.2 Å². The Balaban J connectivity index is 2.18. The highest BCUT2D eigenvalue weighted by molar-refractivity contribution is 7.10. The molecule has 2 heterocycles. The Kier molecular flexibility index (Phi) is 20.5. The second-order valence-electron chi connectivity index (χ2n) is 14.9. The third kappa shape index (κ3) is 17.4. The van der Waals surface area contributed by atoms with Crippen LogP contribution < -0.4 is 5.32 Å². The summed E-state index contributed by atoms with van der Waals surface area (Å²) in [4.78, 5) is 84.5. The molecular formula is C38H55Cl2N3O13S2. The SMILES string of the molecule is CCCC(=O)N[C@@H](CC(C)C)C(CC(=O)OCC(O)c1nc(C(=O)O[C@@H](CCCC(C)(Cl)Cl)[C@H](C)C(=O)O[C@H](c2nc(C(=O)OC)cs2)C(C)(C)O)cs1)OC(C)=O. The molecular weight excluding hydrogens is 841 g/mol. The van der Waals surface area contributed by atoms with Crippen LogP contribution in [0.4, 0.5) is 0 Å². The predicted octanol–water partition coefficient (Wildman–Crippen LogP) is 6.20. The van der Waals surface area contributed by atoms with Crippen molar-refractivity contribution in [2.75, 3.05) is 13.7 Å². The molecule has 0 saturated carbocycles. The number of ether oxygens (including phenoxy) is 5. The molecule has 58 heavy (non-hydrogen) atoms. The van der Waals surface area contributed by atoms with Crippen LogP contribution in [0.1, 0.15) is 144 Å². The fourth-order valence-corrected chi connectivity index (χ4v) is 7.52. The van der Waals surface area contributed by atoms with Crippen molar-refractivity contribution in [3.8, 4) is 0 Å². The van der Waals surface area contributed by atoms with Crippen molar-refractivity contribution in [2.24, 2.45) is 11.8 Å². The Bertz CT molecular complexity index is 1690. The smallest absolute Gasteiger partial charge is 0.358 e. The van der Waals surface area contributed by atoms with Gasteiger partial charge in [0.2, 0.25) is 5.91 Å². The number of thiazole rings is 2. The Labute approximate surface area is 356 Å². The van der Waals surface area contributed by atoms with E-state index >= 15 is 0 Å². The van der Waals surface area contributed by atoms with Crippen LogP contribution in [0.2, 0.25) is 0 Å². The maximum absolute atomic E-state index is 13.6. The lowest BCUT2D eigenvalue weighted by Crippen LogP contribution is -2.47. The van der Waals surface area contributed by atoms with Crippen LogP contribution in [0.5, 0.6) is 0 Å². The third-order valence-corrected chi connectivity index (χ3v) is 10.6. The molecule has 0 saturated heterocycles. The van der Waals surface area contributed by atoms with Crippen molar-refractivity contribution in [3.05, 3.63) is 32.2 Å². The van der Waals surface area contributed by atoms with E-state index in [1.807, 2.05) is 20.8 Å². The summed E-state index contributed by atoms with van der Waals surface area (Å²) in [6.45, 7) is 12.2. The minimum atomic E-state index is -1.63. The van der Waals surface area contributed by atoms with Crippen molar-refractivity contribution >= 4 is 81.6 Å². The quantitative estimate of drug-likeness (QED) is 0.0606. The van der Waals surface area contributed by atoms with Gasteiger partial charge in [0.05, 0.1) is 25.5 Å². The number of rotatable bonds is 24. The van der Waals surface area contributed by atoms with Crippen LogP contribution in [-0.4, -0.2) is 97.8 Å². The molecule has 0 aromatic carbocycles. The van der Waals surface area contributed by atoms with Crippen molar-refractivity contribution in [2.45, 2.75) is 141 Å². The summed E-state index contributed by atoms with van der Waals surface area (Å²) in [5.41, 5.74) is -1.86. The van der Waals surface area contributed by atoms with Gasteiger partial charge in [-0.15, -0.1) is 45.9 Å². The summed E-state index contributed by atoms with van der Waals surface area (Å²) >= 11 is 14.2. The van der Waals surface area contributed by atoms with Crippen LogP contribution in [0.15, 0.2) is 10.8 Å². The first-order valence-electron chi connectivity index (χ1n) is 18.8. The zero-order valence-electron chi connectivity index (χ0n) is 34.2. The molecule has 0 radical (unpaired) electrons. The summed E-state index contributed by atoms with van der Waals surface area (Å²) < 4.78 is 25.8. The number of hydrogen-bond donors (Lipinski definition) is 3. The van der Waals surface area contributed by atoms with Gasteiger partial charge in [0.15, 0.2) is 17.5 Å². The fourth-order valence-electron chi connectivity index (χ4n) is 5.50. The fraction of sp³-hybridized carbons (Fsp3) is 0.684. The number of nitrogens with one attached hydrogen (secondary N) is 1. The number of esters is 5. The van der Waals surface area contributed by atoms with Gasteiger partial charge in [0, 0.05) is 24.1 Å². The number of methoxy groups -OCH3 is 1. The Morgan fingerprint density at radius 2 is 1.52 bits per heavy atom. The van der Waals surface area contributed by atoms with E-state index < -0.39 is 89.2 Å². The minimum Gasteiger partial charge on any atom is -0.464 e. The average molecular weight is 897 g/mol. The molecule has 2 unspecified atom stereocenters. The molecule has 326 valence electrons. The number of halogens is 2. The second kappa shape index (κ2) is 23.4. The van der Waals surface area contributed by atoms with Crippen molar-refractivity contribution < 1.29 is 62.7 Å². The first-order chi connectivity index (χ1) is 26.9. The van der Waals surface area contributed by atoms with E-state index in [-0.39, 0.29) is 52.5 Å². The van der Waals surface area contributed by atoms with E-state index in [2.05, 4.69) is 15.3 Å². The standard InChI is InChI=1S/C38H55Cl2N3O13S2/c1-10-12-29(46)41-23(15-20(2)3)28(54-22(5)44)16-30(47)53-17-26(45)32-42-25(19-57-32)36(50)55-27(13-11-14-38(8,39)40)21(4)34(48)56-31(37(6,7)51)33-43-24(18-58-33)35(49)52-9/h18-21,23,26-28,31,45,51H,10-17H2,1-9H3,(H,41,46)/t21-,23-,26?,27-,28?,31+/m0/s1. The van der Waals surface area contributed by atoms with Crippen LogP contribution in [-0.2, 0) is 42.9 Å². The zero-order chi connectivity index (χ0) is 44.0. The lowest BCUT2D eigenvalue weighted by atomic mass is 9.96. The largest absolute Gasteiger partial charge is 0.464 e.